The highest BCUT2D eigenvalue weighted by molar-refractivity contribution is 9.10. The summed E-state index contributed by atoms with van der Waals surface area (Å²) in [5, 5.41) is 18.7. The summed E-state index contributed by atoms with van der Waals surface area (Å²) in [5.74, 6) is 0.952. The van der Waals surface area contributed by atoms with E-state index in [9.17, 15) is 0 Å². The summed E-state index contributed by atoms with van der Waals surface area (Å²) in [6.07, 6.45) is 0. The van der Waals surface area contributed by atoms with Crippen molar-refractivity contribution >= 4 is 38.2 Å². The van der Waals surface area contributed by atoms with Crippen LogP contribution in [0.2, 0.25) is 0 Å². The largest absolute Gasteiger partial charge is 0.352 e. The third-order valence-electron chi connectivity index (χ3n) is 5.04. The van der Waals surface area contributed by atoms with E-state index >= 15 is 0 Å². The summed E-state index contributed by atoms with van der Waals surface area (Å²) in [6, 6.07) is 16.8. The van der Waals surface area contributed by atoms with Gasteiger partial charge in [0, 0.05) is 48.0 Å². The number of benzene rings is 2. The van der Waals surface area contributed by atoms with Crippen molar-refractivity contribution in [2.45, 2.75) is 6.54 Å². The molecule has 0 saturated carbocycles. The molecule has 0 aliphatic carbocycles. The molecule has 1 fully saturated rings. The van der Waals surface area contributed by atoms with Crippen LogP contribution in [0, 0.1) is 0 Å². The van der Waals surface area contributed by atoms with Gasteiger partial charge in [-0.1, -0.05) is 52.3 Å². The Labute approximate surface area is 164 Å². The minimum atomic E-state index is 0.697. The van der Waals surface area contributed by atoms with E-state index in [2.05, 4.69) is 82.8 Å². The second-order valence-electron chi connectivity index (χ2n) is 6.75. The van der Waals surface area contributed by atoms with Crippen LogP contribution < -0.4 is 4.90 Å². The summed E-state index contributed by atoms with van der Waals surface area (Å²) < 4.78 is 2.65. The molecule has 4 aromatic rings. The van der Waals surface area contributed by atoms with Gasteiger partial charge in [-0.15, -0.1) is 14.8 Å². The Kier molecular flexibility index (Phi) is 4.21. The first-order valence-corrected chi connectivity index (χ1v) is 9.76. The number of hydrogen-bond donors (Lipinski definition) is 0. The Hall–Kier alpha value is -2.58. The molecule has 1 aliphatic rings. The monoisotopic (exact) mass is 423 g/mol. The molecule has 27 heavy (non-hydrogen) atoms. The van der Waals surface area contributed by atoms with E-state index in [1.54, 1.807) is 0 Å². The van der Waals surface area contributed by atoms with Crippen molar-refractivity contribution in [1.29, 1.82) is 0 Å². The van der Waals surface area contributed by atoms with Gasteiger partial charge in [-0.2, -0.15) is 0 Å². The standard InChI is InChI=1S/C19H18BrN7/c20-15-7-5-14(6-8-15)13-25-9-11-26(12-10-25)19-17-4-2-1-3-16(17)18-21-23-24-27(18)22-19/h1-8H,9-13H2. The van der Waals surface area contributed by atoms with Crippen molar-refractivity contribution in [2.75, 3.05) is 31.1 Å². The number of anilines is 1. The van der Waals surface area contributed by atoms with Gasteiger partial charge in [0.25, 0.3) is 0 Å². The van der Waals surface area contributed by atoms with Crippen LogP contribution >= 0.6 is 15.9 Å². The number of tetrazole rings is 1. The number of nitrogens with zero attached hydrogens (tertiary/aromatic N) is 7. The predicted molar refractivity (Wildman–Crippen MR) is 108 cm³/mol. The molecule has 0 atom stereocenters. The van der Waals surface area contributed by atoms with Crippen molar-refractivity contribution in [3.8, 4) is 0 Å². The molecule has 7 nitrogen and oxygen atoms in total. The molecular formula is C19H18BrN7. The zero-order chi connectivity index (χ0) is 18.2. The van der Waals surface area contributed by atoms with Crippen LogP contribution in [-0.2, 0) is 6.54 Å². The van der Waals surface area contributed by atoms with Gasteiger partial charge in [0.15, 0.2) is 5.82 Å². The fourth-order valence-electron chi connectivity index (χ4n) is 3.63. The molecule has 1 aliphatic heterocycles. The molecule has 1 saturated heterocycles. The van der Waals surface area contributed by atoms with E-state index in [0.29, 0.717) is 5.65 Å². The lowest BCUT2D eigenvalue weighted by molar-refractivity contribution is 0.249. The molecule has 3 heterocycles. The molecule has 0 bridgehead atoms. The molecule has 0 radical (unpaired) electrons. The average molecular weight is 424 g/mol. The molecular weight excluding hydrogens is 406 g/mol. The first kappa shape index (κ1) is 16.6. The van der Waals surface area contributed by atoms with Gasteiger partial charge in [-0.25, -0.2) is 0 Å². The first-order chi connectivity index (χ1) is 13.3. The lowest BCUT2D eigenvalue weighted by Gasteiger charge is -2.35. The predicted octanol–water partition coefficient (Wildman–Crippen LogP) is 2.76. The fraction of sp³-hybridized carbons (Fsp3) is 0.263. The van der Waals surface area contributed by atoms with Crippen molar-refractivity contribution in [3.63, 3.8) is 0 Å². The smallest absolute Gasteiger partial charge is 0.207 e. The number of halogens is 1. The maximum atomic E-state index is 4.69. The van der Waals surface area contributed by atoms with Crippen molar-refractivity contribution in [2.24, 2.45) is 0 Å². The highest BCUT2D eigenvalue weighted by atomic mass is 79.9. The average Bonchev–Trinajstić information content (AvgIpc) is 3.19. The van der Waals surface area contributed by atoms with Gasteiger partial charge >= 0.3 is 0 Å². The summed E-state index contributed by atoms with van der Waals surface area (Å²) in [6.45, 7) is 4.84. The van der Waals surface area contributed by atoms with Gasteiger partial charge in [-0.05, 0) is 28.1 Å². The van der Waals surface area contributed by atoms with Gasteiger partial charge in [0.2, 0.25) is 5.65 Å². The minimum Gasteiger partial charge on any atom is -0.352 e. The Morgan fingerprint density at radius 3 is 2.41 bits per heavy atom. The summed E-state index contributed by atoms with van der Waals surface area (Å²) in [5.41, 5.74) is 2.04. The summed E-state index contributed by atoms with van der Waals surface area (Å²) in [7, 11) is 0. The van der Waals surface area contributed by atoms with Crippen LogP contribution in [0.25, 0.3) is 16.4 Å². The molecule has 5 rings (SSSR count). The van der Waals surface area contributed by atoms with Crippen molar-refractivity contribution in [1.82, 2.24) is 30.2 Å². The van der Waals surface area contributed by atoms with E-state index in [1.807, 2.05) is 12.1 Å². The molecule has 136 valence electrons. The van der Waals surface area contributed by atoms with Gasteiger partial charge < -0.3 is 4.90 Å². The summed E-state index contributed by atoms with van der Waals surface area (Å²) >= 11 is 3.50. The van der Waals surface area contributed by atoms with Gasteiger partial charge in [-0.3, -0.25) is 4.90 Å². The molecule has 8 heteroatoms. The topological polar surface area (TPSA) is 62.5 Å². The zero-order valence-corrected chi connectivity index (χ0v) is 16.2. The van der Waals surface area contributed by atoms with Crippen molar-refractivity contribution in [3.05, 3.63) is 58.6 Å². The quantitative estimate of drug-likeness (QED) is 0.504. The Morgan fingerprint density at radius 1 is 0.889 bits per heavy atom. The van der Waals surface area contributed by atoms with Crippen LogP contribution in [0.15, 0.2) is 53.0 Å². The highest BCUT2D eigenvalue weighted by Crippen LogP contribution is 2.27. The lowest BCUT2D eigenvalue weighted by Crippen LogP contribution is -2.46. The zero-order valence-electron chi connectivity index (χ0n) is 14.7. The number of fused-ring (bicyclic) bond motifs is 3. The van der Waals surface area contributed by atoms with E-state index in [0.717, 1.165) is 53.8 Å². The summed E-state index contributed by atoms with van der Waals surface area (Å²) in [4.78, 5) is 4.82. The number of hydrogen-bond acceptors (Lipinski definition) is 6. The Morgan fingerprint density at radius 2 is 1.63 bits per heavy atom. The number of rotatable bonds is 3. The maximum Gasteiger partial charge on any atom is 0.207 e. The SMILES string of the molecule is Brc1ccc(CN2CCN(c3nn4nnnc4c4ccccc34)CC2)cc1. The first-order valence-electron chi connectivity index (χ1n) is 8.97. The fourth-order valence-corrected chi connectivity index (χ4v) is 3.89. The van der Waals surface area contributed by atoms with Gasteiger partial charge in [0.1, 0.15) is 0 Å². The maximum absolute atomic E-state index is 4.69. The Balaban J connectivity index is 1.38. The van der Waals surface area contributed by atoms with Gasteiger partial charge in [0.05, 0.1) is 0 Å². The molecule has 2 aromatic heterocycles. The van der Waals surface area contributed by atoms with E-state index in [1.165, 1.54) is 10.2 Å². The highest BCUT2D eigenvalue weighted by Gasteiger charge is 2.21. The van der Waals surface area contributed by atoms with Crippen LogP contribution in [-0.4, -0.2) is 56.3 Å². The lowest BCUT2D eigenvalue weighted by atomic mass is 10.1. The Bertz CT molecular complexity index is 1080. The van der Waals surface area contributed by atoms with E-state index in [4.69, 9.17) is 0 Å². The van der Waals surface area contributed by atoms with Crippen LogP contribution in [0.4, 0.5) is 5.82 Å². The number of aromatic nitrogens is 5. The normalized spacial score (nSPS) is 15.7. The second-order valence-corrected chi connectivity index (χ2v) is 7.67. The molecule has 0 unspecified atom stereocenters. The van der Waals surface area contributed by atoms with Crippen LogP contribution in [0.1, 0.15) is 5.56 Å². The third kappa shape index (κ3) is 3.15. The number of piperazine rings is 1. The molecule has 0 spiro atoms. The molecule has 0 amide bonds. The minimum absolute atomic E-state index is 0.697. The van der Waals surface area contributed by atoms with E-state index in [-0.39, 0.29) is 0 Å². The van der Waals surface area contributed by atoms with Crippen molar-refractivity contribution < 1.29 is 0 Å². The third-order valence-corrected chi connectivity index (χ3v) is 5.57. The van der Waals surface area contributed by atoms with E-state index < -0.39 is 0 Å². The molecule has 0 N–H and O–H groups in total. The molecule has 2 aromatic carbocycles. The van der Waals surface area contributed by atoms with Crippen LogP contribution in [0.5, 0.6) is 0 Å². The second kappa shape index (κ2) is 6.86. The van der Waals surface area contributed by atoms with Crippen LogP contribution in [0.3, 0.4) is 0 Å².